The van der Waals surface area contributed by atoms with E-state index in [2.05, 4.69) is 39.6 Å². The molecule has 2 nitrogen and oxygen atoms in total. The molecule has 0 aliphatic heterocycles. The van der Waals surface area contributed by atoms with Crippen LogP contribution in [0.2, 0.25) is 0 Å². The molecule has 0 aromatic rings. The summed E-state index contributed by atoms with van der Waals surface area (Å²) in [6.07, 6.45) is 3.68. The van der Waals surface area contributed by atoms with Gasteiger partial charge in [0, 0.05) is 12.1 Å². The maximum atomic E-state index is 5.55. The van der Waals surface area contributed by atoms with Crippen LogP contribution in [0.1, 0.15) is 60.8 Å². The Hall–Kier alpha value is -0.0800. The third kappa shape index (κ3) is 7.24. The van der Waals surface area contributed by atoms with E-state index in [-0.39, 0.29) is 5.54 Å². The van der Waals surface area contributed by atoms with Crippen molar-refractivity contribution in [2.24, 2.45) is 0 Å². The van der Waals surface area contributed by atoms with Crippen molar-refractivity contribution in [3.8, 4) is 0 Å². The SMILES string of the molecule is CC.CCCCN(C)C(C)(CC)COCC. The van der Waals surface area contributed by atoms with Gasteiger partial charge >= 0.3 is 0 Å². The molecular formula is C14H33NO. The summed E-state index contributed by atoms with van der Waals surface area (Å²) in [5, 5.41) is 0. The first-order valence-corrected chi connectivity index (χ1v) is 6.89. The van der Waals surface area contributed by atoms with Gasteiger partial charge < -0.3 is 4.74 Å². The normalized spacial score (nSPS) is 14.2. The maximum absolute atomic E-state index is 5.55. The summed E-state index contributed by atoms with van der Waals surface area (Å²) in [5.74, 6) is 0. The number of unbranched alkanes of at least 4 members (excludes halogenated alkanes) is 1. The molecule has 0 amide bonds. The predicted molar refractivity (Wildman–Crippen MR) is 74.1 cm³/mol. The molecule has 0 spiro atoms. The smallest absolute Gasteiger partial charge is 0.0647 e. The summed E-state index contributed by atoms with van der Waals surface area (Å²) in [6, 6.07) is 0. The Kier molecular flexibility index (Phi) is 13.0. The zero-order valence-electron chi connectivity index (χ0n) is 12.6. The van der Waals surface area contributed by atoms with Crippen LogP contribution in [0.3, 0.4) is 0 Å². The first-order chi connectivity index (χ1) is 7.60. The zero-order valence-corrected chi connectivity index (χ0v) is 12.6. The molecule has 0 aliphatic carbocycles. The monoisotopic (exact) mass is 231 g/mol. The van der Waals surface area contributed by atoms with Gasteiger partial charge in [-0.25, -0.2) is 0 Å². The Morgan fingerprint density at radius 3 is 2.06 bits per heavy atom. The van der Waals surface area contributed by atoms with Crippen LogP contribution in [-0.2, 0) is 4.74 Å². The van der Waals surface area contributed by atoms with E-state index in [0.29, 0.717) is 0 Å². The zero-order chi connectivity index (χ0) is 13.0. The lowest BCUT2D eigenvalue weighted by Crippen LogP contribution is -2.47. The fourth-order valence-corrected chi connectivity index (χ4v) is 1.47. The fraction of sp³-hybridized carbons (Fsp3) is 1.00. The molecule has 16 heavy (non-hydrogen) atoms. The minimum Gasteiger partial charge on any atom is -0.380 e. The summed E-state index contributed by atoms with van der Waals surface area (Å²) >= 11 is 0. The van der Waals surface area contributed by atoms with E-state index < -0.39 is 0 Å². The van der Waals surface area contributed by atoms with Crippen LogP contribution >= 0.6 is 0 Å². The molecule has 0 fully saturated rings. The Morgan fingerprint density at radius 1 is 1.12 bits per heavy atom. The minimum atomic E-state index is 0.213. The van der Waals surface area contributed by atoms with E-state index in [4.69, 9.17) is 4.74 Å². The molecule has 100 valence electrons. The highest BCUT2D eigenvalue weighted by atomic mass is 16.5. The highest BCUT2D eigenvalue weighted by Crippen LogP contribution is 2.18. The van der Waals surface area contributed by atoms with Crippen molar-refractivity contribution < 1.29 is 4.74 Å². The molecule has 0 saturated carbocycles. The van der Waals surface area contributed by atoms with E-state index >= 15 is 0 Å². The second-order valence-electron chi connectivity index (χ2n) is 4.26. The summed E-state index contributed by atoms with van der Waals surface area (Å²) in [4.78, 5) is 2.44. The highest BCUT2D eigenvalue weighted by Gasteiger charge is 2.26. The Bertz CT molecular complexity index is 139. The van der Waals surface area contributed by atoms with Gasteiger partial charge in [-0.2, -0.15) is 0 Å². The number of ether oxygens (including phenoxy) is 1. The number of hydrogen-bond acceptors (Lipinski definition) is 2. The van der Waals surface area contributed by atoms with Crippen LogP contribution < -0.4 is 0 Å². The van der Waals surface area contributed by atoms with Gasteiger partial charge in [0.1, 0.15) is 0 Å². The summed E-state index contributed by atoms with van der Waals surface area (Å²) in [5.41, 5.74) is 0.213. The van der Waals surface area contributed by atoms with Crippen molar-refractivity contribution >= 4 is 0 Å². The van der Waals surface area contributed by atoms with Crippen LogP contribution in [0.4, 0.5) is 0 Å². The Balaban J connectivity index is 0. The molecule has 0 heterocycles. The molecule has 0 rings (SSSR count). The molecule has 0 bridgehead atoms. The lowest BCUT2D eigenvalue weighted by molar-refractivity contribution is 0.0160. The highest BCUT2D eigenvalue weighted by molar-refractivity contribution is 4.82. The van der Waals surface area contributed by atoms with Crippen molar-refractivity contribution in [3.63, 3.8) is 0 Å². The summed E-state index contributed by atoms with van der Waals surface area (Å²) < 4.78 is 5.55. The van der Waals surface area contributed by atoms with E-state index in [9.17, 15) is 0 Å². The molecule has 0 radical (unpaired) electrons. The van der Waals surface area contributed by atoms with Crippen LogP contribution in [0.15, 0.2) is 0 Å². The molecule has 0 aromatic heterocycles. The standard InChI is InChI=1S/C12H27NO.C2H6/c1-6-9-10-13(5)12(4,7-2)11-14-8-3;1-2/h6-11H2,1-5H3;1-2H3. The van der Waals surface area contributed by atoms with Gasteiger partial charge in [-0.1, -0.05) is 34.1 Å². The first kappa shape index (κ1) is 18.3. The number of hydrogen-bond donors (Lipinski definition) is 0. The quantitative estimate of drug-likeness (QED) is 0.627. The van der Waals surface area contributed by atoms with Gasteiger partial charge in [0.05, 0.1) is 6.61 Å². The van der Waals surface area contributed by atoms with Crippen LogP contribution in [0.5, 0.6) is 0 Å². The van der Waals surface area contributed by atoms with Crippen molar-refractivity contribution in [3.05, 3.63) is 0 Å². The maximum Gasteiger partial charge on any atom is 0.0647 e. The van der Waals surface area contributed by atoms with Gasteiger partial charge in [0.2, 0.25) is 0 Å². The average molecular weight is 231 g/mol. The summed E-state index contributed by atoms with van der Waals surface area (Å²) in [7, 11) is 2.21. The average Bonchev–Trinajstić information content (AvgIpc) is 2.35. The number of likely N-dealkylation sites (N-methyl/N-ethyl adjacent to an activating group) is 1. The van der Waals surface area contributed by atoms with Crippen LogP contribution in [0.25, 0.3) is 0 Å². The molecule has 2 heteroatoms. The van der Waals surface area contributed by atoms with Crippen molar-refractivity contribution in [2.45, 2.75) is 66.3 Å². The molecule has 0 aromatic carbocycles. The summed E-state index contributed by atoms with van der Waals surface area (Å²) in [6.45, 7) is 15.7. The second-order valence-corrected chi connectivity index (χ2v) is 4.26. The van der Waals surface area contributed by atoms with Gasteiger partial charge in [0.15, 0.2) is 0 Å². The second kappa shape index (κ2) is 11.4. The van der Waals surface area contributed by atoms with Crippen molar-refractivity contribution in [1.29, 1.82) is 0 Å². The van der Waals surface area contributed by atoms with E-state index in [1.807, 2.05) is 13.8 Å². The number of nitrogens with zero attached hydrogens (tertiary/aromatic N) is 1. The molecular weight excluding hydrogens is 198 g/mol. The first-order valence-electron chi connectivity index (χ1n) is 6.89. The van der Waals surface area contributed by atoms with Gasteiger partial charge in [-0.05, 0) is 40.3 Å². The van der Waals surface area contributed by atoms with Crippen LogP contribution in [0, 0.1) is 0 Å². The van der Waals surface area contributed by atoms with Crippen molar-refractivity contribution in [1.82, 2.24) is 4.90 Å². The minimum absolute atomic E-state index is 0.213. The van der Waals surface area contributed by atoms with Gasteiger partial charge in [-0.3, -0.25) is 4.90 Å². The predicted octanol–water partition coefficient (Wildman–Crippen LogP) is 3.95. The topological polar surface area (TPSA) is 12.5 Å². The molecule has 0 N–H and O–H groups in total. The lowest BCUT2D eigenvalue weighted by Gasteiger charge is -2.38. The van der Waals surface area contributed by atoms with Gasteiger partial charge in [0.25, 0.3) is 0 Å². The largest absolute Gasteiger partial charge is 0.380 e. The van der Waals surface area contributed by atoms with E-state index in [1.165, 1.54) is 19.4 Å². The third-order valence-corrected chi connectivity index (χ3v) is 3.15. The van der Waals surface area contributed by atoms with Crippen molar-refractivity contribution in [2.75, 3.05) is 26.8 Å². The Morgan fingerprint density at radius 2 is 1.69 bits per heavy atom. The molecule has 1 atom stereocenters. The number of rotatable bonds is 8. The fourth-order valence-electron chi connectivity index (χ4n) is 1.47. The molecule has 0 aliphatic rings. The lowest BCUT2D eigenvalue weighted by atomic mass is 9.98. The van der Waals surface area contributed by atoms with E-state index in [0.717, 1.165) is 19.6 Å². The van der Waals surface area contributed by atoms with Gasteiger partial charge in [-0.15, -0.1) is 0 Å². The van der Waals surface area contributed by atoms with E-state index in [1.54, 1.807) is 0 Å². The molecule has 0 saturated heterocycles. The van der Waals surface area contributed by atoms with Crippen LogP contribution in [-0.4, -0.2) is 37.2 Å². The Labute approximate surface area is 103 Å². The molecule has 1 unspecified atom stereocenters. The third-order valence-electron chi connectivity index (χ3n) is 3.15.